The zero-order chi connectivity index (χ0) is 27.7. The second-order valence-electron chi connectivity index (χ2n) is 9.67. The summed E-state index contributed by atoms with van der Waals surface area (Å²) >= 11 is -1.40. The van der Waals surface area contributed by atoms with E-state index in [1.807, 2.05) is 30.3 Å². The van der Waals surface area contributed by atoms with Gasteiger partial charge in [0.25, 0.3) is 0 Å². The van der Waals surface area contributed by atoms with E-state index in [2.05, 4.69) is 16.1 Å². The number of rotatable bonds is 8. The summed E-state index contributed by atoms with van der Waals surface area (Å²) in [4.78, 5) is 13.4. The van der Waals surface area contributed by atoms with Crippen molar-refractivity contribution in [2.45, 2.75) is 40.7 Å². The summed E-state index contributed by atoms with van der Waals surface area (Å²) in [5.41, 5.74) is 10.1. The number of anilines is 1. The molecule has 4 aromatic rings. The Morgan fingerprint density at radius 2 is 1.77 bits per heavy atom. The van der Waals surface area contributed by atoms with E-state index in [4.69, 9.17) is 5.73 Å². The van der Waals surface area contributed by atoms with Crippen molar-refractivity contribution in [3.8, 4) is 11.4 Å². The number of phenols is 1. The Kier molecular flexibility index (Phi) is 7.56. The number of benzene rings is 3. The molecule has 0 radical (unpaired) electrons. The van der Waals surface area contributed by atoms with Crippen LogP contribution in [0.4, 0.5) is 18.9 Å². The molecule has 1 saturated carbocycles. The molecule has 0 bridgehead atoms. The van der Waals surface area contributed by atoms with Crippen LogP contribution in [0.2, 0.25) is 10.4 Å². The van der Waals surface area contributed by atoms with Gasteiger partial charge in [0.15, 0.2) is 0 Å². The first-order valence-electron chi connectivity index (χ1n) is 12.5. The third kappa shape index (κ3) is 6.05. The molecule has 202 valence electrons. The first-order chi connectivity index (χ1) is 18.6. The standard InChI is InChI=1S/C29H28AsF3N4O2/c1-30(21-11-12-21)27(20-7-4-10-24(38)15-20)19-6-3-8-22(14-19)35-28(39)25-16-26(29(31,32)33)36-37(25)23-9-2-5-18(13-23)17-34/h2-10,13-16,21,27,38H,11-12,17,34H2,1H3,(H,35,39). The fraction of sp³-hybridized carbons (Fsp3) is 0.241. The van der Waals surface area contributed by atoms with E-state index in [1.54, 1.807) is 42.5 Å². The molecule has 1 aliphatic rings. The fourth-order valence-electron chi connectivity index (χ4n) is 4.73. The first-order valence-corrected chi connectivity index (χ1v) is 16.6. The number of phenolic OH excluding ortho intramolecular Hbond substituents is 1. The minimum absolute atomic E-state index is 0.121. The van der Waals surface area contributed by atoms with Crippen molar-refractivity contribution < 1.29 is 23.1 Å². The zero-order valence-corrected chi connectivity index (χ0v) is 23.1. The van der Waals surface area contributed by atoms with Crippen LogP contribution in [-0.2, 0) is 12.7 Å². The molecule has 1 aromatic heterocycles. The maximum absolute atomic E-state index is 13.6. The van der Waals surface area contributed by atoms with Gasteiger partial charge in [0, 0.05) is 0 Å². The van der Waals surface area contributed by atoms with Crippen molar-refractivity contribution in [2.24, 2.45) is 5.73 Å². The Morgan fingerprint density at radius 1 is 1.08 bits per heavy atom. The number of amides is 1. The van der Waals surface area contributed by atoms with Gasteiger partial charge in [-0.25, -0.2) is 0 Å². The Balaban J connectivity index is 1.49. The molecule has 6 nitrogen and oxygen atoms in total. The molecule has 10 heteroatoms. The number of nitrogens with zero attached hydrogens (tertiary/aromatic N) is 2. The second kappa shape index (κ2) is 10.9. The topological polar surface area (TPSA) is 93.2 Å². The molecule has 0 saturated heterocycles. The van der Waals surface area contributed by atoms with Crippen molar-refractivity contribution in [3.05, 3.63) is 107 Å². The van der Waals surface area contributed by atoms with Crippen LogP contribution in [0.25, 0.3) is 5.69 Å². The average molecular weight is 596 g/mol. The van der Waals surface area contributed by atoms with Crippen molar-refractivity contribution in [1.29, 1.82) is 0 Å². The van der Waals surface area contributed by atoms with Gasteiger partial charge in [0.2, 0.25) is 0 Å². The van der Waals surface area contributed by atoms with Crippen LogP contribution >= 0.6 is 0 Å². The van der Waals surface area contributed by atoms with Gasteiger partial charge >= 0.3 is 223 Å². The van der Waals surface area contributed by atoms with Crippen molar-refractivity contribution in [2.75, 3.05) is 5.32 Å². The number of carbonyl (C=O) groups excluding carboxylic acids is 1. The van der Waals surface area contributed by atoms with Crippen LogP contribution in [0.3, 0.4) is 0 Å². The molecular weight excluding hydrogens is 568 g/mol. The Labute approximate surface area is 228 Å². The summed E-state index contributed by atoms with van der Waals surface area (Å²) in [5.74, 6) is -0.511. The van der Waals surface area contributed by atoms with Gasteiger partial charge in [0.1, 0.15) is 0 Å². The van der Waals surface area contributed by atoms with Crippen LogP contribution in [0, 0.1) is 0 Å². The molecule has 0 aliphatic heterocycles. The Morgan fingerprint density at radius 3 is 2.44 bits per heavy atom. The summed E-state index contributed by atoms with van der Waals surface area (Å²) in [6.45, 7) is 0.193. The van der Waals surface area contributed by atoms with Gasteiger partial charge in [-0.1, -0.05) is 0 Å². The van der Waals surface area contributed by atoms with E-state index in [-0.39, 0.29) is 22.7 Å². The molecule has 1 fully saturated rings. The molecule has 2 atom stereocenters. The molecule has 3 aromatic carbocycles. The SMILES string of the molecule is C[As](C1CC1)C(c1cccc(O)c1)c1cccc(NC(=O)c2cc(C(F)(F)F)nn2-c2cccc(CN)c2)c1. The van der Waals surface area contributed by atoms with Gasteiger partial charge in [0.05, 0.1) is 0 Å². The van der Waals surface area contributed by atoms with E-state index in [9.17, 15) is 23.1 Å². The van der Waals surface area contributed by atoms with Crippen molar-refractivity contribution >= 4 is 26.2 Å². The summed E-state index contributed by atoms with van der Waals surface area (Å²) in [6, 6.07) is 22.0. The summed E-state index contributed by atoms with van der Waals surface area (Å²) < 4.78 is 42.5. The van der Waals surface area contributed by atoms with Crippen molar-refractivity contribution in [3.63, 3.8) is 0 Å². The molecule has 2 unspecified atom stereocenters. The number of hydrogen-bond acceptors (Lipinski definition) is 4. The van der Waals surface area contributed by atoms with Gasteiger partial charge in [-0.15, -0.1) is 0 Å². The van der Waals surface area contributed by atoms with Gasteiger partial charge < -0.3 is 5.73 Å². The molecular formula is C29H28AsF3N4O2. The Hall–Kier alpha value is -3.55. The molecule has 5 rings (SSSR count). The van der Waals surface area contributed by atoms with Crippen LogP contribution < -0.4 is 11.1 Å². The number of aromatic hydroxyl groups is 1. The van der Waals surface area contributed by atoms with Gasteiger partial charge in [-0.05, 0) is 0 Å². The predicted molar refractivity (Wildman–Crippen MR) is 145 cm³/mol. The molecule has 1 aliphatic carbocycles. The molecule has 4 N–H and O–H groups in total. The van der Waals surface area contributed by atoms with E-state index in [0.717, 1.165) is 21.9 Å². The molecule has 39 heavy (non-hydrogen) atoms. The molecule has 0 spiro atoms. The zero-order valence-electron chi connectivity index (χ0n) is 21.2. The van der Waals surface area contributed by atoms with E-state index in [1.165, 1.54) is 12.8 Å². The van der Waals surface area contributed by atoms with Crippen LogP contribution in [0.15, 0.2) is 78.9 Å². The number of alkyl halides is 3. The fourth-order valence-corrected chi connectivity index (χ4v) is 10.3. The summed E-state index contributed by atoms with van der Waals surface area (Å²) in [6.07, 6.45) is -2.30. The predicted octanol–water partition coefficient (Wildman–Crippen LogP) is 6.27. The Bertz CT molecular complexity index is 1500. The van der Waals surface area contributed by atoms with Crippen LogP contribution in [0.1, 0.15) is 50.4 Å². The van der Waals surface area contributed by atoms with Gasteiger partial charge in [-0.2, -0.15) is 0 Å². The normalized spacial score (nSPS) is 15.1. The second-order valence-corrected chi connectivity index (χ2v) is 15.1. The third-order valence-corrected chi connectivity index (χ3v) is 13.3. The number of halogens is 3. The number of nitrogens with one attached hydrogen (secondary N) is 1. The summed E-state index contributed by atoms with van der Waals surface area (Å²) in [7, 11) is 0. The number of carbonyl (C=O) groups is 1. The average Bonchev–Trinajstić information content (AvgIpc) is 3.65. The third-order valence-electron chi connectivity index (χ3n) is 6.80. The van der Waals surface area contributed by atoms with E-state index < -0.39 is 32.4 Å². The minimum atomic E-state index is -4.72. The van der Waals surface area contributed by atoms with Crippen LogP contribution in [0.5, 0.6) is 5.75 Å². The molecule has 1 amide bonds. The monoisotopic (exact) mass is 596 g/mol. The van der Waals surface area contributed by atoms with E-state index >= 15 is 0 Å². The van der Waals surface area contributed by atoms with E-state index in [0.29, 0.717) is 21.6 Å². The maximum atomic E-state index is 13.6. The first kappa shape index (κ1) is 27.0. The number of nitrogens with two attached hydrogens (primary N) is 1. The summed E-state index contributed by atoms with van der Waals surface area (Å²) in [5, 5.41) is 16.6. The van der Waals surface area contributed by atoms with Gasteiger partial charge in [-0.3, -0.25) is 0 Å². The number of aromatic nitrogens is 2. The molecule has 1 heterocycles. The van der Waals surface area contributed by atoms with Crippen LogP contribution in [-0.4, -0.2) is 35.4 Å². The van der Waals surface area contributed by atoms with Crippen molar-refractivity contribution in [1.82, 2.24) is 9.78 Å². The quantitative estimate of drug-likeness (QED) is 0.209. The number of hydrogen-bond donors (Lipinski definition) is 3.